The van der Waals surface area contributed by atoms with Crippen LogP contribution in [-0.2, 0) is 21.4 Å². The quantitative estimate of drug-likeness (QED) is 0.717. The number of nitrogens with zero attached hydrogens (tertiary/aromatic N) is 3. The molecule has 130 valence electrons. The minimum Gasteiger partial charge on any atom is -0.354 e. The van der Waals surface area contributed by atoms with Crippen molar-refractivity contribution in [1.82, 2.24) is 14.9 Å². The Labute approximate surface area is 140 Å². The number of nitrogens with one attached hydrogen (secondary N) is 1. The van der Waals surface area contributed by atoms with E-state index >= 15 is 0 Å². The second-order valence-electron chi connectivity index (χ2n) is 5.25. The lowest BCUT2D eigenvalue weighted by molar-refractivity contribution is -0.119. The molecular formula is C15H19FN4O3S. The highest BCUT2D eigenvalue weighted by Crippen LogP contribution is 2.18. The van der Waals surface area contributed by atoms with Crippen molar-refractivity contribution in [1.29, 1.82) is 0 Å². The molecule has 0 aliphatic heterocycles. The van der Waals surface area contributed by atoms with Crippen LogP contribution in [0.5, 0.6) is 0 Å². The van der Waals surface area contributed by atoms with Crippen molar-refractivity contribution in [2.45, 2.75) is 13.0 Å². The summed E-state index contributed by atoms with van der Waals surface area (Å²) >= 11 is 0. The summed E-state index contributed by atoms with van der Waals surface area (Å²) in [5.41, 5.74) is 0.117. The van der Waals surface area contributed by atoms with Gasteiger partial charge in [-0.3, -0.25) is 9.10 Å². The van der Waals surface area contributed by atoms with Gasteiger partial charge >= 0.3 is 0 Å². The molecule has 9 heteroatoms. The minimum absolute atomic E-state index is 0.117. The van der Waals surface area contributed by atoms with Crippen molar-refractivity contribution in [3.63, 3.8) is 0 Å². The van der Waals surface area contributed by atoms with Gasteiger partial charge in [-0.05, 0) is 24.6 Å². The first kappa shape index (κ1) is 17.9. The molecule has 0 saturated heterocycles. The van der Waals surface area contributed by atoms with E-state index in [1.807, 2.05) is 10.8 Å². The Balaban J connectivity index is 1.90. The summed E-state index contributed by atoms with van der Waals surface area (Å²) in [7, 11) is -3.70. The van der Waals surface area contributed by atoms with E-state index in [-0.39, 0.29) is 5.69 Å². The van der Waals surface area contributed by atoms with Crippen molar-refractivity contribution in [2.24, 2.45) is 0 Å². The molecule has 1 amide bonds. The van der Waals surface area contributed by atoms with Gasteiger partial charge in [-0.15, -0.1) is 0 Å². The summed E-state index contributed by atoms with van der Waals surface area (Å²) < 4.78 is 39.8. The molecule has 2 rings (SSSR count). The van der Waals surface area contributed by atoms with Crippen LogP contribution in [0, 0.1) is 5.82 Å². The standard InChI is InChI=1S/C15H19FN4O3S/c1-24(22,23)20(14-5-2-4-13(16)10-14)11-15(21)18-6-3-8-19-9-7-17-12-19/h2,4-5,7,9-10,12H,3,6,8,11H2,1H3,(H,18,21). The van der Waals surface area contributed by atoms with E-state index in [4.69, 9.17) is 0 Å². The van der Waals surface area contributed by atoms with Crippen LogP contribution in [0.2, 0.25) is 0 Å². The first-order valence-corrected chi connectivity index (χ1v) is 9.17. The molecule has 0 aliphatic rings. The smallest absolute Gasteiger partial charge is 0.240 e. The number of anilines is 1. The van der Waals surface area contributed by atoms with Gasteiger partial charge in [0.2, 0.25) is 15.9 Å². The average Bonchev–Trinajstić information content (AvgIpc) is 3.01. The van der Waals surface area contributed by atoms with E-state index in [1.54, 1.807) is 12.5 Å². The number of aryl methyl sites for hydroxylation is 1. The van der Waals surface area contributed by atoms with Gasteiger partial charge in [0.1, 0.15) is 12.4 Å². The zero-order valence-electron chi connectivity index (χ0n) is 13.2. The van der Waals surface area contributed by atoms with Gasteiger partial charge in [0.05, 0.1) is 18.3 Å². The van der Waals surface area contributed by atoms with E-state index in [0.717, 1.165) is 16.6 Å². The van der Waals surface area contributed by atoms with Crippen LogP contribution < -0.4 is 9.62 Å². The topological polar surface area (TPSA) is 84.3 Å². The summed E-state index contributed by atoms with van der Waals surface area (Å²) in [6.07, 6.45) is 6.82. The summed E-state index contributed by atoms with van der Waals surface area (Å²) in [5.74, 6) is -1.02. The fourth-order valence-corrected chi connectivity index (χ4v) is 2.97. The third kappa shape index (κ3) is 5.34. The molecule has 7 nitrogen and oxygen atoms in total. The largest absolute Gasteiger partial charge is 0.354 e. The SMILES string of the molecule is CS(=O)(=O)N(CC(=O)NCCCn1ccnc1)c1cccc(F)c1. The van der Waals surface area contributed by atoms with E-state index in [1.165, 1.54) is 18.2 Å². The molecule has 1 N–H and O–H groups in total. The van der Waals surface area contributed by atoms with Gasteiger partial charge in [0.25, 0.3) is 0 Å². The highest BCUT2D eigenvalue weighted by molar-refractivity contribution is 7.92. The molecule has 0 bridgehead atoms. The number of carbonyl (C=O) groups excluding carboxylic acids is 1. The number of rotatable bonds is 8. The lowest BCUT2D eigenvalue weighted by Crippen LogP contribution is -2.40. The van der Waals surface area contributed by atoms with E-state index < -0.39 is 28.3 Å². The number of carbonyl (C=O) groups is 1. The number of hydrogen-bond donors (Lipinski definition) is 1. The van der Waals surface area contributed by atoms with Crippen molar-refractivity contribution >= 4 is 21.6 Å². The molecule has 0 spiro atoms. The fourth-order valence-electron chi connectivity index (χ4n) is 2.13. The van der Waals surface area contributed by atoms with Gasteiger partial charge in [-0.2, -0.15) is 0 Å². The number of aromatic nitrogens is 2. The molecule has 0 fully saturated rings. The van der Waals surface area contributed by atoms with Gasteiger partial charge < -0.3 is 9.88 Å². The van der Waals surface area contributed by atoms with E-state index in [2.05, 4.69) is 10.3 Å². The van der Waals surface area contributed by atoms with Crippen LogP contribution >= 0.6 is 0 Å². The summed E-state index contributed by atoms with van der Waals surface area (Å²) in [5, 5.41) is 2.66. The second-order valence-corrected chi connectivity index (χ2v) is 7.16. The Morgan fingerprint density at radius 1 is 1.42 bits per heavy atom. The Morgan fingerprint density at radius 2 is 2.21 bits per heavy atom. The molecule has 0 saturated carbocycles. The van der Waals surface area contributed by atoms with Crippen LogP contribution in [0.3, 0.4) is 0 Å². The number of sulfonamides is 1. The molecule has 0 atom stereocenters. The van der Waals surface area contributed by atoms with Gasteiger partial charge in [0, 0.05) is 25.5 Å². The summed E-state index contributed by atoms with van der Waals surface area (Å²) in [4.78, 5) is 15.9. The average molecular weight is 354 g/mol. The Kier molecular flexibility index (Phi) is 5.91. The summed E-state index contributed by atoms with van der Waals surface area (Å²) in [6, 6.07) is 5.12. The molecule has 0 aliphatic carbocycles. The highest BCUT2D eigenvalue weighted by atomic mass is 32.2. The molecule has 2 aromatic rings. The maximum Gasteiger partial charge on any atom is 0.240 e. The molecule has 0 unspecified atom stereocenters. The molecule has 1 heterocycles. The zero-order valence-corrected chi connectivity index (χ0v) is 14.0. The van der Waals surface area contributed by atoms with Gasteiger partial charge in [0.15, 0.2) is 0 Å². The first-order chi connectivity index (χ1) is 11.4. The van der Waals surface area contributed by atoms with Gasteiger partial charge in [-0.1, -0.05) is 6.07 Å². The van der Waals surface area contributed by atoms with E-state index in [0.29, 0.717) is 19.5 Å². The highest BCUT2D eigenvalue weighted by Gasteiger charge is 2.20. The number of hydrogen-bond acceptors (Lipinski definition) is 4. The Morgan fingerprint density at radius 3 is 2.83 bits per heavy atom. The number of imidazole rings is 1. The molecule has 1 aromatic heterocycles. The fraction of sp³-hybridized carbons (Fsp3) is 0.333. The molecule has 1 aromatic carbocycles. The zero-order chi connectivity index (χ0) is 17.6. The van der Waals surface area contributed by atoms with Gasteiger partial charge in [-0.25, -0.2) is 17.8 Å². The number of amides is 1. The van der Waals surface area contributed by atoms with Crippen LogP contribution in [0.4, 0.5) is 10.1 Å². The van der Waals surface area contributed by atoms with Crippen molar-refractivity contribution < 1.29 is 17.6 Å². The maximum atomic E-state index is 13.3. The Bertz CT molecular complexity index is 778. The maximum absolute atomic E-state index is 13.3. The normalized spacial score (nSPS) is 11.2. The predicted molar refractivity (Wildman–Crippen MR) is 88.4 cm³/mol. The molecule has 0 radical (unpaired) electrons. The second kappa shape index (κ2) is 7.91. The predicted octanol–water partition coefficient (Wildman–Crippen LogP) is 0.995. The lowest BCUT2D eigenvalue weighted by atomic mass is 10.3. The summed E-state index contributed by atoms with van der Waals surface area (Å²) in [6.45, 7) is 0.699. The van der Waals surface area contributed by atoms with Crippen LogP contribution in [0.25, 0.3) is 0 Å². The monoisotopic (exact) mass is 354 g/mol. The van der Waals surface area contributed by atoms with Crippen molar-refractivity contribution in [3.8, 4) is 0 Å². The third-order valence-corrected chi connectivity index (χ3v) is 4.40. The first-order valence-electron chi connectivity index (χ1n) is 7.32. The Hall–Kier alpha value is -2.42. The molecule has 24 heavy (non-hydrogen) atoms. The van der Waals surface area contributed by atoms with Crippen molar-refractivity contribution in [3.05, 3.63) is 48.8 Å². The molecular weight excluding hydrogens is 335 g/mol. The third-order valence-electron chi connectivity index (χ3n) is 3.26. The number of benzene rings is 1. The van der Waals surface area contributed by atoms with Crippen molar-refractivity contribution in [2.75, 3.05) is 23.7 Å². The van der Waals surface area contributed by atoms with Crippen LogP contribution in [-0.4, -0.2) is 43.2 Å². The minimum atomic E-state index is -3.70. The number of halogens is 1. The van der Waals surface area contributed by atoms with Crippen LogP contribution in [0.15, 0.2) is 43.0 Å². The lowest BCUT2D eigenvalue weighted by Gasteiger charge is -2.21. The van der Waals surface area contributed by atoms with E-state index in [9.17, 15) is 17.6 Å². The van der Waals surface area contributed by atoms with Crippen LogP contribution in [0.1, 0.15) is 6.42 Å².